The summed E-state index contributed by atoms with van der Waals surface area (Å²) in [6.07, 6.45) is 1.69. The molecule has 3 amide bonds. The quantitative estimate of drug-likeness (QED) is 0.488. The topological polar surface area (TPSA) is 108 Å². The molecular formula is C23H37N3O5. The maximum Gasteiger partial charge on any atom is 0.408 e. The average Bonchev–Trinajstić information content (AvgIpc) is 2.67. The van der Waals surface area contributed by atoms with Crippen LogP contribution in [0.5, 0.6) is 5.75 Å². The van der Waals surface area contributed by atoms with Crippen LogP contribution in [-0.4, -0.2) is 52.6 Å². The van der Waals surface area contributed by atoms with Crippen molar-refractivity contribution in [2.24, 2.45) is 0 Å². The SMILES string of the molecule is CCCCNC(=O)C(c1ccc(O)cc1)N(CCC)C(=O)C(C)NC(=O)OC(C)(C)C. The molecule has 0 saturated heterocycles. The Morgan fingerprint density at radius 3 is 2.23 bits per heavy atom. The van der Waals surface area contributed by atoms with Gasteiger partial charge in [0.1, 0.15) is 23.4 Å². The molecule has 3 N–H and O–H groups in total. The van der Waals surface area contributed by atoms with Crippen molar-refractivity contribution in [3.05, 3.63) is 29.8 Å². The Labute approximate surface area is 185 Å². The summed E-state index contributed by atoms with van der Waals surface area (Å²) in [6, 6.07) is 4.46. The van der Waals surface area contributed by atoms with Crippen molar-refractivity contribution in [3.63, 3.8) is 0 Å². The minimum atomic E-state index is -0.885. The summed E-state index contributed by atoms with van der Waals surface area (Å²) >= 11 is 0. The zero-order valence-electron chi connectivity index (χ0n) is 19.5. The number of ether oxygens (including phenoxy) is 1. The van der Waals surface area contributed by atoms with E-state index in [1.165, 1.54) is 17.0 Å². The first-order valence-electron chi connectivity index (χ1n) is 10.9. The second-order valence-electron chi connectivity index (χ2n) is 8.54. The number of aromatic hydroxyl groups is 1. The maximum atomic E-state index is 13.3. The van der Waals surface area contributed by atoms with Crippen molar-refractivity contribution >= 4 is 17.9 Å². The van der Waals surface area contributed by atoms with E-state index in [0.29, 0.717) is 25.1 Å². The van der Waals surface area contributed by atoms with Gasteiger partial charge in [-0.1, -0.05) is 32.4 Å². The first-order valence-corrected chi connectivity index (χ1v) is 10.9. The maximum absolute atomic E-state index is 13.3. The van der Waals surface area contributed by atoms with E-state index in [1.54, 1.807) is 39.8 Å². The van der Waals surface area contributed by atoms with Crippen molar-refractivity contribution in [1.82, 2.24) is 15.5 Å². The number of nitrogens with one attached hydrogen (secondary N) is 2. The average molecular weight is 436 g/mol. The van der Waals surface area contributed by atoms with Crippen molar-refractivity contribution in [2.45, 2.75) is 78.5 Å². The number of hydrogen-bond acceptors (Lipinski definition) is 5. The zero-order chi connectivity index (χ0) is 23.6. The molecule has 1 rings (SSSR count). The Bertz CT molecular complexity index is 728. The van der Waals surface area contributed by atoms with E-state index in [2.05, 4.69) is 10.6 Å². The van der Waals surface area contributed by atoms with Crippen LogP contribution in [0, 0.1) is 0 Å². The lowest BCUT2D eigenvalue weighted by Gasteiger charge is -2.33. The third-order valence-electron chi connectivity index (χ3n) is 4.45. The van der Waals surface area contributed by atoms with Gasteiger partial charge in [-0.05, 0) is 58.2 Å². The van der Waals surface area contributed by atoms with E-state index in [0.717, 1.165) is 12.8 Å². The number of hydrogen-bond donors (Lipinski definition) is 3. The highest BCUT2D eigenvalue weighted by Gasteiger charge is 2.34. The summed E-state index contributed by atoms with van der Waals surface area (Å²) in [7, 11) is 0. The fourth-order valence-corrected chi connectivity index (χ4v) is 3.02. The molecule has 2 unspecified atom stereocenters. The Morgan fingerprint density at radius 1 is 1.10 bits per heavy atom. The first kappa shape index (κ1) is 26.3. The lowest BCUT2D eigenvalue weighted by atomic mass is 10.0. The van der Waals surface area contributed by atoms with Gasteiger partial charge in [0.25, 0.3) is 0 Å². The number of phenols is 1. The lowest BCUT2D eigenvalue weighted by Crippen LogP contribution is -2.52. The number of alkyl carbamates (subject to hydrolysis) is 1. The minimum absolute atomic E-state index is 0.0715. The summed E-state index contributed by atoms with van der Waals surface area (Å²) in [5.41, 5.74) is -0.109. The van der Waals surface area contributed by atoms with Crippen LogP contribution in [0.1, 0.15) is 72.4 Å². The highest BCUT2D eigenvalue weighted by atomic mass is 16.6. The number of amides is 3. The van der Waals surface area contributed by atoms with Crippen molar-refractivity contribution in [1.29, 1.82) is 0 Å². The van der Waals surface area contributed by atoms with Gasteiger partial charge in [-0.25, -0.2) is 4.79 Å². The molecule has 0 saturated carbocycles. The molecule has 8 nitrogen and oxygen atoms in total. The van der Waals surface area contributed by atoms with Crippen LogP contribution in [-0.2, 0) is 14.3 Å². The second-order valence-corrected chi connectivity index (χ2v) is 8.54. The van der Waals surface area contributed by atoms with Gasteiger partial charge in [0.05, 0.1) is 0 Å². The second kappa shape index (κ2) is 12.2. The summed E-state index contributed by atoms with van der Waals surface area (Å²) in [6.45, 7) is 11.6. The van der Waals surface area contributed by atoms with Crippen LogP contribution in [0.4, 0.5) is 4.79 Å². The number of phenolic OH excluding ortho intramolecular Hbond substituents is 1. The number of carbonyl (C=O) groups excluding carboxylic acids is 3. The van der Waals surface area contributed by atoms with Crippen LogP contribution in [0.15, 0.2) is 24.3 Å². The van der Waals surface area contributed by atoms with Crippen LogP contribution < -0.4 is 10.6 Å². The summed E-state index contributed by atoms with van der Waals surface area (Å²) in [4.78, 5) is 40.0. The van der Waals surface area contributed by atoms with E-state index < -0.39 is 29.7 Å². The van der Waals surface area contributed by atoms with Crippen LogP contribution in [0.2, 0.25) is 0 Å². The monoisotopic (exact) mass is 435 g/mol. The number of benzene rings is 1. The van der Waals surface area contributed by atoms with Crippen molar-refractivity contribution < 1.29 is 24.2 Å². The molecule has 0 fully saturated rings. The molecule has 2 atom stereocenters. The molecule has 0 aliphatic rings. The molecule has 0 heterocycles. The fraction of sp³-hybridized carbons (Fsp3) is 0.609. The Balaban J connectivity index is 3.15. The van der Waals surface area contributed by atoms with Gasteiger partial charge in [0, 0.05) is 13.1 Å². The molecule has 1 aromatic rings. The number of carbonyl (C=O) groups is 3. The molecule has 31 heavy (non-hydrogen) atoms. The van der Waals surface area contributed by atoms with E-state index in [1.807, 2.05) is 13.8 Å². The lowest BCUT2D eigenvalue weighted by molar-refractivity contribution is -0.142. The van der Waals surface area contributed by atoms with Gasteiger partial charge in [0.15, 0.2) is 0 Å². The molecule has 174 valence electrons. The predicted octanol–water partition coefficient (Wildman–Crippen LogP) is 3.50. The third-order valence-corrected chi connectivity index (χ3v) is 4.45. The van der Waals surface area contributed by atoms with Gasteiger partial charge < -0.3 is 25.4 Å². The molecule has 1 aromatic carbocycles. The highest BCUT2D eigenvalue weighted by molar-refractivity contribution is 5.92. The smallest absolute Gasteiger partial charge is 0.408 e. The first-order chi connectivity index (χ1) is 14.5. The van der Waals surface area contributed by atoms with Gasteiger partial charge in [-0.15, -0.1) is 0 Å². The molecule has 0 aliphatic carbocycles. The molecule has 0 spiro atoms. The largest absolute Gasteiger partial charge is 0.508 e. The van der Waals surface area contributed by atoms with Crippen molar-refractivity contribution in [2.75, 3.05) is 13.1 Å². The number of unbranched alkanes of at least 4 members (excludes halogenated alkanes) is 1. The van der Waals surface area contributed by atoms with Gasteiger partial charge in [-0.2, -0.15) is 0 Å². The Morgan fingerprint density at radius 2 is 1.71 bits per heavy atom. The zero-order valence-corrected chi connectivity index (χ0v) is 19.5. The van der Waals surface area contributed by atoms with Crippen LogP contribution >= 0.6 is 0 Å². The van der Waals surface area contributed by atoms with E-state index in [9.17, 15) is 19.5 Å². The molecular weight excluding hydrogens is 398 g/mol. The molecule has 8 heteroatoms. The van der Waals surface area contributed by atoms with Crippen molar-refractivity contribution in [3.8, 4) is 5.75 Å². The Kier molecular flexibility index (Phi) is 10.3. The number of rotatable bonds is 10. The highest BCUT2D eigenvalue weighted by Crippen LogP contribution is 2.25. The fourth-order valence-electron chi connectivity index (χ4n) is 3.02. The molecule has 0 aromatic heterocycles. The molecule has 0 bridgehead atoms. The predicted molar refractivity (Wildman–Crippen MR) is 120 cm³/mol. The Hall–Kier alpha value is -2.77. The normalized spacial score (nSPS) is 13.1. The summed E-state index contributed by atoms with van der Waals surface area (Å²) < 4.78 is 5.24. The number of nitrogens with zero attached hydrogens (tertiary/aromatic N) is 1. The van der Waals surface area contributed by atoms with Gasteiger partial charge >= 0.3 is 6.09 Å². The van der Waals surface area contributed by atoms with E-state index in [-0.39, 0.29) is 11.7 Å². The minimum Gasteiger partial charge on any atom is -0.508 e. The third kappa shape index (κ3) is 8.86. The standard InChI is InChI=1S/C23H37N3O5/c1-7-9-14-24-20(28)19(17-10-12-18(27)13-11-17)26(15-8-2)21(29)16(3)25-22(30)31-23(4,5)6/h10-13,16,19,27H,7-9,14-15H2,1-6H3,(H,24,28)(H,25,30). The summed E-state index contributed by atoms with van der Waals surface area (Å²) in [5, 5.41) is 15.1. The molecule has 0 aliphatic heterocycles. The van der Waals surface area contributed by atoms with E-state index in [4.69, 9.17) is 4.74 Å². The van der Waals surface area contributed by atoms with Gasteiger partial charge in [-0.3, -0.25) is 9.59 Å². The molecule has 0 radical (unpaired) electrons. The summed E-state index contributed by atoms with van der Waals surface area (Å²) in [5.74, 6) is -0.621. The van der Waals surface area contributed by atoms with Gasteiger partial charge in [0.2, 0.25) is 11.8 Å². The van der Waals surface area contributed by atoms with Crippen LogP contribution in [0.3, 0.4) is 0 Å². The van der Waals surface area contributed by atoms with Crippen LogP contribution in [0.25, 0.3) is 0 Å². The van der Waals surface area contributed by atoms with E-state index >= 15 is 0 Å².